The molecule has 3 rings (SSSR count). The predicted octanol–water partition coefficient (Wildman–Crippen LogP) is 12.7. The molecule has 7 heteroatoms. The molecule has 0 amide bonds. The summed E-state index contributed by atoms with van der Waals surface area (Å²) in [5.41, 5.74) is 6.64. The van der Waals surface area contributed by atoms with Gasteiger partial charge in [0, 0.05) is 36.9 Å². The summed E-state index contributed by atoms with van der Waals surface area (Å²) in [6.45, 7) is 34.4. The highest BCUT2D eigenvalue weighted by Crippen LogP contribution is 2.38. The van der Waals surface area contributed by atoms with Gasteiger partial charge in [-0.2, -0.15) is 0 Å². The van der Waals surface area contributed by atoms with Gasteiger partial charge in [-0.15, -0.1) is 0 Å². The van der Waals surface area contributed by atoms with Crippen molar-refractivity contribution in [3.63, 3.8) is 0 Å². The Morgan fingerprint density at radius 3 is 2.21 bits per heavy atom. The predicted molar refractivity (Wildman–Crippen MR) is 229 cm³/mol. The average molecular weight is 730 g/mol. The number of aliphatic imine (C=N–C) groups is 1. The SMILES string of the molecule is C=C(\N=C(C)/C(=C\C)/C=C(\CC1CCCC1)C(=O)CC)Nc1ccc(/C(=C/C)C2=C(C)C(=C)C=C(N(CCC)CCCC)O2)cc1O.C=O.CC.CC. The summed E-state index contributed by atoms with van der Waals surface area (Å²) in [4.78, 5) is 27.8. The molecule has 0 aromatic heterocycles. The molecule has 1 fully saturated rings. The first-order valence-electron chi connectivity index (χ1n) is 19.8. The number of anilines is 1. The van der Waals surface area contributed by atoms with Crippen molar-refractivity contribution in [1.29, 1.82) is 0 Å². The third-order valence-corrected chi connectivity index (χ3v) is 9.06. The quantitative estimate of drug-likeness (QED) is 0.0718. The van der Waals surface area contributed by atoms with E-state index in [2.05, 4.69) is 37.2 Å². The summed E-state index contributed by atoms with van der Waals surface area (Å²) < 4.78 is 6.56. The molecule has 1 aliphatic heterocycles. The van der Waals surface area contributed by atoms with Crippen LogP contribution in [0.4, 0.5) is 5.69 Å². The number of nitrogens with zero attached hydrogens (tertiary/aromatic N) is 2. The van der Waals surface area contributed by atoms with Crippen LogP contribution in [0.25, 0.3) is 5.57 Å². The molecule has 7 nitrogen and oxygen atoms in total. The third kappa shape index (κ3) is 15.2. The second-order valence-corrected chi connectivity index (χ2v) is 12.7. The van der Waals surface area contributed by atoms with E-state index in [9.17, 15) is 9.90 Å². The average Bonchev–Trinajstić information content (AvgIpc) is 3.70. The summed E-state index contributed by atoms with van der Waals surface area (Å²) in [5.74, 6) is 2.82. The molecule has 0 bridgehead atoms. The number of aromatic hydroxyl groups is 1. The number of nitrogens with one attached hydrogen (secondary N) is 1. The van der Waals surface area contributed by atoms with Crippen LogP contribution in [0.5, 0.6) is 5.75 Å². The van der Waals surface area contributed by atoms with Gasteiger partial charge in [0.2, 0.25) is 0 Å². The lowest BCUT2D eigenvalue weighted by atomic mass is 9.92. The van der Waals surface area contributed by atoms with Crippen molar-refractivity contribution in [1.82, 2.24) is 4.90 Å². The van der Waals surface area contributed by atoms with Crippen molar-refractivity contribution in [3.05, 3.63) is 101 Å². The smallest absolute Gasteiger partial charge is 0.196 e. The van der Waals surface area contributed by atoms with Crippen molar-refractivity contribution >= 4 is 29.5 Å². The molecular formula is C46H71N3O4. The van der Waals surface area contributed by atoms with E-state index in [0.29, 0.717) is 23.8 Å². The number of allylic oxidation sites excluding steroid dienone is 9. The molecule has 0 unspecified atom stereocenters. The molecule has 2 N–H and O–H groups in total. The minimum atomic E-state index is 0.0774. The highest BCUT2D eigenvalue weighted by atomic mass is 16.5. The molecule has 53 heavy (non-hydrogen) atoms. The zero-order valence-corrected chi connectivity index (χ0v) is 35.1. The molecule has 0 spiro atoms. The van der Waals surface area contributed by atoms with Gasteiger partial charge in [0.05, 0.1) is 5.69 Å². The molecule has 1 aliphatic carbocycles. The van der Waals surface area contributed by atoms with Gasteiger partial charge in [0.15, 0.2) is 11.7 Å². The molecule has 1 saturated carbocycles. The van der Waals surface area contributed by atoms with Crippen LogP contribution in [0.3, 0.4) is 0 Å². The fraction of sp³-hybridized carbons (Fsp3) is 0.500. The van der Waals surface area contributed by atoms with Crippen molar-refractivity contribution in [2.75, 3.05) is 18.4 Å². The number of unbranched alkanes of at least 4 members (excludes halogenated alkanes) is 1. The summed E-state index contributed by atoms with van der Waals surface area (Å²) in [6.07, 6.45) is 17.5. The maximum absolute atomic E-state index is 12.8. The number of phenols is 1. The maximum atomic E-state index is 12.8. The summed E-state index contributed by atoms with van der Waals surface area (Å²) in [5, 5.41) is 14.3. The second kappa shape index (κ2) is 27.2. The molecule has 1 aromatic rings. The molecule has 2 aliphatic rings. The number of phenolic OH excluding ortho intramolecular Hbond substituents is 1. The van der Waals surface area contributed by atoms with Crippen molar-refractivity contribution in [2.45, 2.75) is 134 Å². The number of ether oxygens (including phenoxy) is 1. The number of carbonyl (C=O) groups excluding carboxylic acids is 2. The lowest BCUT2D eigenvalue weighted by Gasteiger charge is -2.31. The fourth-order valence-electron chi connectivity index (χ4n) is 6.25. The minimum Gasteiger partial charge on any atom is -0.506 e. The molecule has 1 heterocycles. The van der Waals surface area contributed by atoms with Crippen LogP contribution in [0.15, 0.2) is 100 Å². The van der Waals surface area contributed by atoms with Gasteiger partial charge >= 0.3 is 0 Å². The van der Waals surface area contributed by atoms with Crippen LogP contribution in [-0.2, 0) is 14.3 Å². The lowest BCUT2D eigenvalue weighted by molar-refractivity contribution is -0.115. The minimum absolute atomic E-state index is 0.0774. The lowest BCUT2D eigenvalue weighted by Crippen LogP contribution is -2.28. The summed E-state index contributed by atoms with van der Waals surface area (Å²) >= 11 is 0. The van der Waals surface area contributed by atoms with E-state index in [1.807, 2.05) is 106 Å². The van der Waals surface area contributed by atoms with Crippen LogP contribution >= 0.6 is 0 Å². The fourth-order valence-corrected chi connectivity index (χ4v) is 6.25. The Bertz CT molecular complexity index is 1520. The standard InChI is InChI=1S/C41H57N3O3.2C2H6.CH2O/c1-10-15-23-44(22-11-2)40-24-28(6)29(7)41(47-40)36(13-4)34-20-21-37(39(46)27-34)43-31(9)42-30(8)33(12-3)26-35(38(45)14-5)25-32-18-16-17-19-32;3*1-2/h12-13,20-21,24,26-27,32,43,46H,6,9-11,14-19,22-23,25H2,1-5,7-8H3;2*1-2H3;1H2/b33-12-,35-26+,36-13-,42-30-;;;. The van der Waals surface area contributed by atoms with Crippen LogP contribution in [0.2, 0.25) is 0 Å². The molecular weight excluding hydrogens is 659 g/mol. The molecule has 0 saturated heterocycles. The van der Waals surface area contributed by atoms with E-state index in [1.165, 1.54) is 25.7 Å². The zero-order valence-electron chi connectivity index (χ0n) is 35.1. The van der Waals surface area contributed by atoms with E-state index in [1.54, 1.807) is 6.07 Å². The topological polar surface area (TPSA) is 91.2 Å². The Labute approximate surface area is 323 Å². The molecule has 1 aromatic carbocycles. The van der Waals surface area contributed by atoms with Gasteiger partial charge in [-0.3, -0.25) is 4.79 Å². The number of Topliss-reactive ketones (excluding diaryl/α,β-unsaturated/α-hetero) is 1. The highest BCUT2D eigenvalue weighted by Gasteiger charge is 2.24. The number of rotatable bonds is 17. The first kappa shape index (κ1) is 48.6. The second-order valence-electron chi connectivity index (χ2n) is 12.7. The summed E-state index contributed by atoms with van der Waals surface area (Å²) in [7, 11) is 0. The van der Waals surface area contributed by atoms with Gasteiger partial charge in [0.1, 0.15) is 24.1 Å². The van der Waals surface area contributed by atoms with E-state index < -0.39 is 0 Å². The van der Waals surface area contributed by atoms with Gasteiger partial charge < -0.3 is 24.9 Å². The molecule has 0 atom stereocenters. The molecule has 294 valence electrons. The third-order valence-electron chi connectivity index (χ3n) is 9.06. The van der Waals surface area contributed by atoms with Gasteiger partial charge in [-0.25, -0.2) is 4.99 Å². The van der Waals surface area contributed by atoms with E-state index in [0.717, 1.165) is 89.6 Å². The first-order valence-corrected chi connectivity index (χ1v) is 19.8. The van der Waals surface area contributed by atoms with E-state index >= 15 is 0 Å². The van der Waals surface area contributed by atoms with Gasteiger partial charge in [-0.05, 0) is 98.9 Å². The Kier molecular flexibility index (Phi) is 25.0. The molecule has 0 radical (unpaired) electrons. The highest BCUT2D eigenvalue weighted by molar-refractivity contribution is 6.04. The van der Waals surface area contributed by atoms with E-state index in [-0.39, 0.29) is 11.5 Å². The van der Waals surface area contributed by atoms with Crippen molar-refractivity contribution in [2.24, 2.45) is 10.9 Å². The maximum Gasteiger partial charge on any atom is 0.196 e. The van der Waals surface area contributed by atoms with Crippen LogP contribution in [0.1, 0.15) is 140 Å². The van der Waals surface area contributed by atoms with E-state index in [4.69, 9.17) is 14.5 Å². The number of benzene rings is 1. The largest absolute Gasteiger partial charge is 0.506 e. The Morgan fingerprint density at radius 2 is 1.68 bits per heavy atom. The Balaban J connectivity index is 0.00000428. The van der Waals surface area contributed by atoms with Crippen LogP contribution < -0.4 is 5.32 Å². The van der Waals surface area contributed by atoms with Crippen LogP contribution in [0, 0.1) is 5.92 Å². The van der Waals surface area contributed by atoms with Crippen LogP contribution in [-0.4, -0.2) is 41.4 Å². The van der Waals surface area contributed by atoms with Crippen molar-refractivity contribution < 1.29 is 19.4 Å². The van der Waals surface area contributed by atoms with Gasteiger partial charge in [0.25, 0.3) is 0 Å². The number of hydrogen-bond acceptors (Lipinski definition) is 7. The monoisotopic (exact) mass is 730 g/mol. The first-order chi connectivity index (χ1) is 25.6. The zero-order chi connectivity index (χ0) is 40.5. The number of ketones is 1. The Hall–Kier alpha value is -4.39. The summed E-state index contributed by atoms with van der Waals surface area (Å²) in [6, 6.07) is 5.52. The number of carbonyl (C=O) groups is 2. The van der Waals surface area contributed by atoms with Gasteiger partial charge in [-0.1, -0.05) is 112 Å². The normalized spacial score (nSPS) is 15.2. The Morgan fingerprint density at radius 1 is 1.04 bits per heavy atom. The number of hydrogen-bond donors (Lipinski definition) is 2. The van der Waals surface area contributed by atoms with Crippen molar-refractivity contribution in [3.8, 4) is 5.75 Å².